The Labute approximate surface area is 120 Å². The molecular weight excluding hydrogens is 273 g/mol. The molecule has 0 aliphatic heterocycles. The molecule has 2 aromatic rings. The highest BCUT2D eigenvalue weighted by Crippen LogP contribution is 2.17. The number of halogens is 1. The van der Waals surface area contributed by atoms with E-state index in [1.54, 1.807) is 12.1 Å². The van der Waals surface area contributed by atoms with Crippen LogP contribution in [0.2, 0.25) is 0 Å². The van der Waals surface area contributed by atoms with Gasteiger partial charge in [0.25, 0.3) is 5.91 Å². The molecule has 1 amide bonds. The molecule has 2 N–H and O–H groups in total. The lowest BCUT2D eigenvalue weighted by molar-refractivity contribution is 0.0943. The third-order valence-electron chi connectivity index (χ3n) is 3.06. The van der Waals surface area contributed by atoms with E-state index in [0.29, 0.717) is 11.1 Å². The number of carbonyl (C=O) groups excluding carboxylic acids is 1. The molecule has 1 heterocycles. The first-order valence-electron chi connectivity index (χ1n) is 6.15. The molecule has 6 heteroatoms. The predicted octanol–water partition coefficient (Wildman–Crippen LogP) is 2.04. The molecule has 0 spiro atoms. The van der Waals surface area contributed by atoms with Crippen LogP contribution in [-0.4, -0.2) is 16.0 Å². The monoisotopic (exact) mass is 285 g/mol. The molecule has 0 atom stereocenters. The molecule has 0 aliphatic rings. The summed E-state index contributed by atoms with van der Waals surface area (Å²) in [4.78, 5) is 15.7. The van der Waals surface area contributed by atoms with E-state index in [4.69, 9.17) is 5.26 Å². The van der Waals surface area contributed by atoms with Crippen LogP contribution >= 0.6 is 0 Å². The van der Waals surface area contributed by atoms with Crippen LogP contribution < -0.4 is 5.32 Å². The smallest absolute Gasteiger partial charge is 0.273 e. The van der Waals surface area contributed by atoms with Gasteiger partial charge in [-0.25, -0.2) is 9.37 Å². The summed E-state index contributed by atoms with van der Waals surface area (Å²) in [6.45, 7) is 1.61. The average Bonchev–Trinajstić information content (AvgIpc) is 2.49. The minimum atomic E-state index is -0.593. The largest absolute Gasteiger partial charge is 0.505 e. The lowest BCUT2D eigenvalue weighted by atomic mass is 10.0. The number of aromatic hydroxyl groups is 1. The highest BCUT2D eigenvalue weighted by Gasteiger charge is 2.14. The van der Waals surface area contributed by atoms with Gasteiger partial charge in [0.05, 0.1) is 5.56 Å². The number of pyridine rings is 1. The molecule has 0 saturated heterocycles. The first kappa shape index (κ1) is 14.5. The van der Waals surface area contributed by atoms with Crippen molar-refractivity contribution < 1.29 is 14.3 Å². The number of benzene rings is 1. The number of rotatable bonds is 3. The molecule has 5 nitrogen and oxygen atoms in total. The van der Waals surface area contributed by atoms with Crippen LogP contribution in [0.15, 0.2) is 30.5 Å². The number of nitriles is 1. The minimum Gasteiger partial charge on any atom is -0.505 e. The van der Waals surface area contributed by atoms with E-state index in [1.165, 1.54) is 31.3 Å². The Morgan fingerprint density at radius 3 is 2.90 bits per heavy atom. The van der Waals surface area contributed by atoms with Crippen molar-refractivity contribution in [2.75, 3.05) is 0 Å². The van der Waals surface area contributed by atoms with Gasteiger partial charge in [-0.3, -0.25) is 4.79 Å². The van der Waals surface area contributed by atoms with E-state index in [0.717, 1.165) is 0 Å². The van der Waals surface area contributed by atoms with Gasteiger partial charge in [-0.15, -0.1) is 0 Å². The molecule has 1 aromatic heterocycles. The van der Waals surface area contributed by atoms with Gasteiger partial charge >= 0.3 is 0 Å². The highest BCUT2D eigenvalue weighted by atomic mass is 19.1. The quantitative estimate of drug-likeness (QED) is 0.903. The number of nitrogens with zero attached hydrogens (tertiary/aromatic N) is 2. The maximum Gasteiger partial charge on any atom is 0.273 e. The first-order valence-corrected chi connectivity index (χ1v) is 6.15. The zero-order chi connectivity index (χ0) is 15.4. The third kappa shape index (κ3) is 2.98. The van der Waals surface area contributed by atoms with Crippen LogP contribution in [0.1, 0.15) is 27.2 Å². The van der Waals surface area contributed by atoms with E-state index in [2.05, 4.69) is 10.3 Å². The molecule has 0 bridgehead atoms. The Hall–Kier alpha value is -2.94. The Bertz CT molecular complexity index is 738. The van der Waals surface area contributed by atoms with E-state index < -0.39 is 11.7 Å². The second-order valence-electron chi connectivity index (χ2n) is 4.38. The number of carbonyl (C=O) groups is 1. The Kier molecular flexibility index (Phi) is 4.14. The first-order chi connectivity index (χ1) is 10.0. The summed E-state index contributed by atoms with van der Waals surface area (Å²) in [5, 5.41) is 20.8. The van der Waals surface area contributed by atoms with Gasteiger partial charge in [0, 0.05) is 12.7 Å². The Balaban J connectivity index is 2.14. The van der Waals surface area contributed by atoms with Crippen LogP contribution in [0.4, 0.5) is 4.39 Å². The van der Waals surface area contributed by atoms with Gasteiger partial charge in [-0.1, -0.05) is 6.07 Å². The third-order valence-corrected chi connectivity index (χ3v) is 3.06. The number of hydrogen-bond donors (Lipinski definition) is 2. The van der Waals surface area contributed by atoms with E-state index in [-0.39, 0.29) is 23.6 Å². The molecule has 21 heavy (non-hydrogen) atoms. The fourth-order valence-electron chi connectivity index (χ4n) is 1.83. The van der Waals surface area contributed by atoms with Crippen molar-refractivity contribution in [3.05, 3.63) is 58.7 Å². The van der Waals surface area contributed by atoms with Crippen molar-refractivity contribution in [2.24, 2.45) is 0 Å². The van der Waals surface area contributed by atoms with Crippen molar-refractivity contribution in [1.29, 1.82) is 5.26 Å². The highest BCUT2D eigenvalue weighted by molar-refractivity contribution is 5.94. The van der Waals surface area contributed by atoms with Gasteiger partial charge in [-0.2, -0.15) is 5.26 Å². The van der Waals surface area contributed by atoms with E-state index in [9.17, 15) is 14.3 Å². The maximum atomic E-state index is 13.8. The zero-order valence-corrected chi connectivity index (χ0v) is 11.2. The van der Waals surface area contributed by atoms with Crippen LogP contribution in [0.3, 0.4) is 0 Å². The summed E-state index contributed by atoms with van der Waals surface area (Å²) in [5.74, 6) is -1.38. The van der Waals surface area contributed by atoms with Gasteiger partial charge in [0.15, 0.2) is 5.69 Å². The molecule has 0 saturated carbocycles. The summed E-state index contributed by atoms with van der Waals surface area (Å²) in [5.41, 5.74) is 0.726. The van der Waals surface area contributed by atoms with Crippen molar-refractivity contribution in [3.8, 4) is 11.8 Å². The Morgan fingerprint density at radius 2 is 2.24 bits per heavy atom. The standard InChI is InChI=1S/C15H12FN3O2/c1-9-11(5-4-10(7-17)13(9)16)8-19-15(21)14-12(20)3-2-6-18-14/h2-6,20H,8H2,1H3,(H,19,21). The number of amides is 1. The van der Waals surface area contributed by atoms with Gasteiger partial charge in [0.1, 0.15) is 17.6 Å². The number of hydrogen-bond acceptors (Lipinski definition) is 4. The summed E-state index contributed by atoms with van der Waals surface area (Å²) >= 11 is 0. The molecule has 106 valence electrons. The van der Waals surface area contributed by atoms with E-state index in [1.807, 2.05) is 0 Å². The zero-order valence-electron chi connectivity index (χ0n) is 11.2. The van der Waals surface area contributed by atoms with E-state index >= 15 is 0 Å². The summed E-state index contributed by atoms with van der Waals surface area (Å²) in [6, 6.07) is 7.56. The van der Waals surface area contributed by atoms with Crippen molar-refractivity contribution in [2.45, 2.75) is 13.5 Å². The predicted molar refractivity (Wildman–Crippen MR) is 72.9 cm³/mol. The molecular formula is C15H12FN3O2. The summed E-state index contributed by atoms with van der Waals surface area (Å²) in [6.07, 6.45) is 1.39. The maximum absolute atomic E-state index is 13.8. The number of nitrogens with one attached hydrogen (secondary N) is 1. The Morgan fingerprint density at radius 1 is 1.48 bits per heavy atom. The van der Waals surface area contributed by atoms with Crippen LogP contribution in [0, 0.1) is 24.1 Å². The molecule has 0 aliphatic carbocycles. The topological polar surface area (TPSA) is 86.0 Å². The van der Waals surface area contributed by atoms with Gasteiger partial charge in [0.2, 0.25) is 0 Å². The van der Waals surface area contributed by atoms with Gasteiger partial charge < -0.3 is 10.4 Å². The summed E-state index contributed by atoms with van der Waals surface area (Å²) in [7, 11) is 0. The molecule has 0 unspecified atom stereocenters. The second-order valence-corrected chi connectivity index (χ2v) is 4.38. The van der Waals surface area contributed by atoms with Gasteiger partial charge in [-0.05, 0) is 36.2 Å². The number of aromatic nitrogens is 1. The van der Waals surface area contributed by atoms with Crippen molar-refractivity contribution in [3.63, 3.8) is 0 Å². The SMILES string of the molecule is Cc1c(CNC(=O)c2ncccc2O)ccc(C#N)c1F. The van der Waals surface area contributed by atoms with Crippen LogP contribution in [0.25, 0.3) is 0 Å². The van der Waals surface area contributed by atoms with Crippen LogP contribution in [-0.2, 0) is 6.54 Å². The lowest BCUT2D eigenvalue weighted by Crippen LogP contribution is -2.24. The average molecular weight is 285 g/mol. The summed E-state index contributed by atoms with van der Waals surface area (Å²) < 4.78 is 13.8. The molecule has 1 aromatic carbocycles. The molecule has 0 fully saturated rings. The van der Waals surface area contributed by atoms with Crippen LogP contribution in [0.5, 0.6) is 5.75 Å². The molecule has 0 radical (unpaired) electrons. The minimum absolute atomic E-state index is 0.0371. The van der Waals surface area contributed by atoms with Crippen molar-refractivity contribution >= 4 is 5.91 Å². The second kappa shape index (κ2) is 6.01. The van der Waals surface area contributed by atoms with Crippen molar-refractivity contribution in [1.82, 2.24) is 10.3 Å². The normalized spacial score (nSPS) is 9.95. The fraction of sp³-hybridized carbons (Fsp3) is 0.133. The fourth-order valence-corrected chi connectivity index (χ4v) is 1.83. The molecule has 2 rings (SSSR count). The lowest BCUT2D eigenvalue weighted by Gasteiger charge is -2.09.